The van der Waals surface area contributed by atoms with Crippen LogP contribution in [0.25, 0.3) is 0 Å². The number of hydrogen-bond donors (Lipinski definition) is 1. The van der Waals surface area contributed by atoms with Crippen molar-refractivity contribution in [3.63, 3.8) is 0 Å². The van der Waals surface area contributed by atoms with Crippen LogP contribution < -0.4 is 5.32 Å². The predicted molar refractivity (Wildman–Crippen MR) is 70.2 cm³/mol. The van der Waals surface area contributed by atoms with E-state index < -0.39 is 0 Å². The minimum absolute atomic E-state index is 0. The van der Waals surface area contributed by atoms with Gasteiger partial charge in [0, 0.05) is 0 Å². The van der Waals surface area contributed by atoms with Gasteiger partial charge in [-0.15, -0.1) is 10.7 Å². The van der Waals surface area contributed by atoms with Crippen molar-refractivity contribution in [2.24, 2.45) is 7.05 Å². The molecule has 0 atom stereocenters. The number of aryl methyl sites for hydroxylation is 1. The van der Waals surface area contributed by atoms with Crippen LogP contribution in [0.5, 0.6) is 0 Å². The van der Waals surface area contributed by atoms with E-state index in [1.807, 2.05) is 54.6 Å². The van der Waals surface area contributed by atoms with E-state index in [0.717, 1.165) is 6.54 Å². The Balaban J connectivity index is 0.000000256. The van der Waals surface area contributed by atoms with Crippen molar-refractivity contribution < 1.29 is 17.1 Å². The summed E-state index contributed by atoms with van der Waals surface area (Å²) in [6.45, 7) is 0.735. The minimum Gasteiger partial charge on any atom is -0.359 e. The van der Waals surface area contributed by atoms with Gasteiger partial charge in [-0.05, 0) is 11.8 Å². The van der Waals surface area contributed by atoms with Gasteiger partial charge in [0.2, 0.25) is 0 Å². The van der Waals surface area contributed by atoms with Gasteiger partial charge in [-0.2, -0.15) is 35.1 Å². The Hall–Kier alpha value is -1.91. The molecular weight excluding hydrogens is 282 g/mol. The van der Waals surface area contributed by atoms with E-state index in [2.05, 4.69) is 20.7 Å². The van der Waals surface area contributed by atoms with Crippen molar-refractivity contribution in [1.82, 2.24) is 20.2 Å². The fourth-order valence-electron chi connectivity index (χ4n) is 1.39. The van der Waals surface area contributed by atoms with Crippen LogP contribution >= 0.6 is 0 Å². The molecule has 0 bridgehead atoms. The van der Waals surface area contributed by atoms with Crippen LogP contribution in [0, 0.1) is 0 Å². The van der Waals surface area contributed by atoms with E-state index in [1.165, 1.54) is 10.4 Å². The van der Waals surface area contributed by atoms with E-state index in [0.29, 0.717) is 5.95 Å². The number of anilines is 1. The third kappa shape index (κ3) is 5.50. The number of aromatic nitrogens is 4. The van der Waals surface area contributed by atoms with Gasteiger partial charge in [0.1, 0.15) is 0 Å². The molecule has 2 aromatic carbocycles. The molecule has 0 unspecified atom stereocenters. The van der Waals surface area contributed by atoms with Gasteiger partial charge in [0.15, 0.2) is 0 Å². The average Bonchev–Trinajstić information content (AvgIpc) is 3.12. The average molecular weight is 297 g/mol. The summed E-state index contributed by atoms with van der Waals surface area (Å²) in [6.07, 6.45) is 0. The maximum absolute atomic E-state index is 3.99. The summed E-state index contributed by atoms with van der Waals surface area (Å²) >= 11 is 0. The minimum atomic E-state index is 0. The van der Waals surface area contributed by atoms with E-state index in [9.17, 15) is 0 Å². The number of tetrazole rings is 1. The van der Waals surface area contributed by atoms with Gasteiger partial charge in [0.05, 0.1) is 7.05 Å². The predicted octanol–water partition coefficient (Wildman–Crippen LogP) is 1.94. The van der Waals surface area contributed by atoms with E-state index in [1.54, 1.807) is 7.05 Å². The van der Waals surface area contributed by atoms with Crippen molar-refractivity contribution in [2.75, 3.05) is 5.32 Å². The van der Waals surface area contributed by atoms with Crippen molar-refractivity contribution >= 4 is 5.95 Å². The number of nitrogens with one attached hydrogen (secondary N) is 1. The quantitative estimate of drug-likeness (QED) is 0.593. The molecule has 1 heterocycles. The molecule has 0 aliphatic heterocycles. The Bertz CT molecular complexity index is 510. The zero-order valence-corrected chi connectivity index (χ0v) is 11.6. The van der Waals surface area contributed by atoms with Gasteiger partial charge in [-0.3, -0.25) is 0 Å². The second kappa shape index (κ2) is 8.24. The maximum atomic E-state index is 3.99. The maximum Gasteiger partial charge on any atom is 2.00 e. The normalized spacial score (nSPS) is 9.11. The summed E-state index contributed by atoms with van der Waals surface area (Å²) in [6, 6.07) is 18.1. The first kappa shape index (κ1) is 15.1. The smallest absolute Gasteiger partial charge is 0.359 e. The Morgan fingerprint density at radius 2 is 1.89 bits per heavy atom. The first-order valence-electron chi connectivity index (χ1n) is 5.70. The van der Waals surface area contributed by atoms with Crippen LogP contribution in [0.1, 0.15) is 5.56 Å². The summed E-state index contributed by atoms with van der Waals surface area (Å²) in [5.74, 6) is 0.559. The zero-order valence-electron chi connectivity index (χ0n) is 10.5. The van der Waals surface area contributed by atoms with E-state index in [-0.39, 0.29) is 17.1 Å². The molecule has 0 aliphatic rings. The summed E-state index contributed by atoms with van der Waals surface area (Å²) in [5, 5.41) is 14.6. The molecule has 0 saturated carbocycles. The molecule has 0 radical (unpaired) electrons. The van der Waals surface area contributed by atoms with Crippen LogP contribution in [0.3, 0.4) is 0 Å². The largest absolute Gasteiger partial charge is 2.00 e. The van der Waals surface area contributed by atoms with Gasteiger partial charge < -0.3 is 5.32 Å². The van der Waals surface area contributed by atoms with Gasteiger partial charge in [0.25, 0.3) is 5.95 Å². The molecule has 1 aromatic heterocycles. The van der Waals surface area contributed by atoms with Crippen molar-refractivity contribution in [2.45, 2.75) is 6.54 Å². The van der Waals surface area contributed by atoms with Gasteiger partial charge in [-0.25, -0.2) is 24.3 Å². The Labute approximate surface area is 122 Å². The number of nitrogens with zero attached hydrogens (tertiary/aromatic N) is 4. The Morgan fingerprint density at radius 3 is 2.37 bits per heavy atom. The molecule has 19 heavy (non-hydrogen) atoms. The molecular formula is C13H15FeN5. The molecule has 0 spiro atoms. The summed E-state index contributed by atoms with van der Waals surface area (Å²) in [5.41, 5.74) is 1.22. The van der Waals surface area contributed by atoms with Crippen LogP contribution in [0.15, 0.2) is 54.6 Å². The van der Waals surface area contributed by atoms with Crippen LogP contribution in [-0.2, 0) is 30.7 Å². The number of hydrogen-bond acceptors (Lipinski definition) is 4. The summed E-state index contributed by atoms with van der Waals surface area (Å²) < 4.78 is 0. The molecule has 3 rings (SSSR count). The first-order valence-corrected chi connectivity index (χ1v) is 5.70. The fourth-order valence-corrected chi connectivity index (χ4v) is 1.39. The Kier molecular flexibility index (Phi) is 6.57. The molecule has 6 heteroatoms. The van der Waals surface area contributed by atoms with Crippen LogP contribution in [0.2, 0.25) is 0 Å². The molecule has 0 saturated heterocycles. The Morgan fingerprint density at radius 1 is 1.21 bits per heavy atom. The van der Waals surface area contributed by atoms with Crippen molar-refractivity contribution in [3.8, 4) is 0 Å². The summed E-state index contributed by atoms with van der Waals surface area (Å²) in [4.78, 5) is 1.42. The second-order valence-corrected chi connectivity index (χ2v) is 3.71. The second-order valence-electron chi connectivity index (χ2n) is 3.71. The molecule has 5 nitrogen and oxygen atoms in total. The third-order valence-electron chi connectivity index (χ3n) is 2.25. The zero-order chi connectivity index (χ0) is 12.6. The molecule has 0 fully saturated rings. The SMILES string of the molecule is Cn1nnc(NC[c-]2cccc2)n1.[Fe+2].c1cc[cH-]c1. The molecule has 100 valence electrons. The standard InChI is InChI=1S/C8H10N5.C5H5.Fe/c1-13-11-8(10-12-13)9-6-7-4-2-3-5-7;1-2-4-5-3-1;/h2-5H,6H2,1H3,(H,9,11);1-5H;/q2*-1;+2. The van der Waals surface area contributed by atoms with Crippen molar-refractivity contribution in [3.05, 3.63) is 60.2 Å². The topological polar surface area (TPSA) is 55.6 Å². The van der Waals surface area contributed by atoms with Gasteiger partial charge >= 0.3 is 17.1 Å². The molecule has 1 N–H and O–H groups in total. The van der Waals surface area contributed by atoms with E-state index >= 15 is 0 Å². The van der Waals surface area contributed by atoms with Crippen LogP contribution in [-0.4, -0.2) is 20.2 Å². The van der Waals surface area contributed by atoms with Crippen LogP contribution in [0.4, 0.5) is 5.95 Å². The molecule has 3 aromatic rings. The first-order chi connectivity index (χ1) is 8.84. The molecule has 0 amide bonds. The van der Waals surface area contributed by atoms with Gasteiger partial charge in [-0.1, -0.05) is 5.10 Å². The monoisotopic (exact) mass is 297 g/mol. The third-order valence-corrected chi connectivity index (χ3v) is 2.25. The van der Waals surface area contributed by atoms with Crippen molar-refractivity contribution in [1.29, 1.82) is 0 Å². The summed E-state index contributed by atoms with van der Waals surface area (Å²) in [7, 11) is 1.74. The molecule has 0 aliphatic carbocycles. The number of rotatable bonds is 3. The van der Waals surface area contributed by atoms with E-state index in [4.69, 9.17) is 0 Å². The fraction of sp³-hybridized carbons (Fsp3) is 0.154.